The third-order valence-corrected chi connectivity index (χ3v) is 6.53. The van der Waals surface area contributed by atoms with Crippen molar-refractivity contribution in [3.63, 3.8) is 0 Å². The largest absolute Gasteiger partial charge is 0.508 e. The molecule has 3 rings (SSSR count). The summed E-state index contributed by atoms with van der Waals surface area (Å²) in [5.74, 6) is -2.15. The van der Waals surface area contributed by atoms with Crippen LogP contribution in [0.4, 0.5) is 0 Å². The fourth-order valence-electron chi connectivity index (χ4n) is 4.71. The highest BCUT2D eigenvalue weighted by molar-refractivity contribution is 5.94. The molecule has 2 saturated heterocycles. The Kier molecular flexibility index (Phi) is 9.08. The summed E-state index contributed by atoms with van der Waals surface area (Å²) in [4.78, 5) is 52.6. The normalized spacial score (nSPS) is 21.5. The van der Waals surface area contributed by atoms with Gasteiger partial charge in [0.25, 0.3) is 0 Å². The minimum atomic E-state index is -1.14. The number of aromatic hydroxyl groups is 1. The van der Waals surface area contributed by atoms with Crippen LogP contribution in [0.5, 0.6) is 5.75 Å². The summed E-state index contributed by atoms with van der Waals surface area (Å²) in [6.45, 7) is 4.99. The van der Waals surface area contributed by atoms with Gasteiger partial charge < -0.3 is 31.1 Å². The highest BCUT2D eigenvalue weighted by Gasteiger charge is 2.39. The molecule has 1 aromatic carbocycles. The molecule has 10 nitrogen and oxygen atoms in total. The number of carbonyl (C=O) groups is 4. The van der Waals surface area contributed by atoms with Gasteiger partial charge in [0.1, 0.15) is 23.9 Å². The van der Waals surface area contributed by atoms with E-state index in [0.29, 0.717) is 24.9 Å². The highest BCUT2D eigenvalue weighted by atomic mass is 16.4. The molecule has 0 aromatic heterocycles. The van der Waals surface area contributed by atoms with Gasteiger partial charge in [-0.2, -0.15) is 0 Å². The minimum Gasteiger partial charge on any atom is -0.508 e. The van der Waals surface area contributed by atoms with Crippen molar-refractivity contribution in [2.24, 2.45) is 5.92 Å². The number of benzene rings is 1. The monoisotopic (exact) mass is 488 g/mol. The summed E-state index contributed by atoms with van der Waals surface area (Å²) in [5, 5.41) is 27.6. The standard InChI is InChI=1S/C25H36N4O6/c1-15(2)13-20(25(34)35)28-22(31)19(14-16-7-9-17(30)10-8-16)27-23(32)21-6-4-12-29(21)24(33)18-5-3-11-26-18/h7-10,15,18-21,26,30H,3-6,11-14H2,1-2H3,(H,27,32)(H,28,31)(H,34,35). The quantitative estimate of drug-likeness (QED) is 0.327. The summed E-state index contributed by atoms with van der Waals surface area (Å²) < 4.78 is 0. The van der Waals surface area contributed by atoms with E-state index in [4.69, 9.17) is 0 Å². The number of phenols is 1. The number of amides is 3. The topological polar surface area (TPSA) is 148 Å². The highest BCUT2D eigenvalue weighted by Crippen LogP contribution is 2.21. The SMILES string of the molecule is CC(C)CC(NC(=O)C(Cc1ccc(O)cc1)NC(=O)C1CCCN1C(=O)C1CCCN1)C(=O)O. The molecule has 2 aliphatic rings. The van der Waals surface area contributed by atoms with Crippen LogP contribution in [0.2, 0.25) is 0 Å². The van der Waals surface area contributed by atoms with Gasteiger partial charge in [-0.1, -0.05) is 26.0 Å². The van der Waals surface area contributed by atoms with Gasteiger partial charge in [-0.15, -0.1) is 0 Å². The maximum Gasteiger partial charge on any atom is 0.326 e. The molecule has 1 aromatic rings. The molecule has 2 aliphatic heterocycles. The molecule has 0 spiro atoms. The zero-order valence-electron chi connectivity index (χ0n) is 20.3. The van der Waals surface area contributed by atoms with Crippen LogP contribution in [0.15, 0.2) is 24.3 Å². The van der Waals surface area contributed by atoms with Crippen molar-refractivity contribution in [1.29, 1.82) is 0 Å². The Morgan fingerprint density at radius 3 is 2.37 bits per heavy atom. The smallest absolute Gasteiger partial charge is 0.326 e. The molecule has 5 N–H and O–H groups in total. The average Bonchev–Trinajstić information content (AvgIpc) is 3.51. The van der Waals surface area contributed by atoms with E-state index in [1.54, 1.807) is 17.0 Å². The van der Waals surface area contributed by atoms with Crippen LogP contribution in [0, 0.1) is 5.92 Å². The lowest BCUT2D eigenvalue weighted by atomic mass is 10.0. The Balaban J connectivity index is 1.75. The first-order valence-electron chi connectivity index (χ1n) is 12.3. The van der Waals surface area contributed by atoms with Gasteiger partial charge in [0.2, 0.25) is 17.7 Å². The maximum atomic E-state index is 13.3. The van der Waals surface area contributed by atoms with E-state index in [2.05, 4.69) is 16.0 Å². The molecule has 0 saturated carbocycles. The molecule has 3 amide bonds. The number of aliphatic carboxylic acids is 1. The molecule has 0 aliphatic carbocycles. The van der Waals surface area contributed by atoms with Crippen LogP contribution in [0.3, 0.4) is 0 Å². The van der Waals surface area contributed by atoms with E-state index in [-0.39, 0.29) is 36.5 Å². The summed E-state index contributed by atoms with van der Waals surface area (Å²) in [7, 11) is 0. The van der Waals surface area contributed by atoms with Crippen LogP contribution in [-0.2, 0) is 25.6 Å². The predicted molar refractivity (Wildman–Crippen MR) is 129 cm³/mol. The van der Waals surface area contributed by atoms with Crippen LogP contribution in [0.25, 0.3) is 0 Å². The number of likely N-dealkylation sites (tertiary alicyclic amines) is 1. The molecule has 35 heavy (non-hydrogen) atoms. The third-order valence-electron chi connectivity index (χ3n) is 6.53. The molecule has 2 fully saturated rings. The molecule has 0 radical (unpaired) electrons. The Hall–Kier alpha value is -3.14. The van der Waals surface area contributed by atoms with Crippen molar-refractivity contribution in [2.75, 3.05) is 13.1 Å². The fraction of sp³-hybridized carbons (Fsp3) is 0.600. The number of carbonyl (C=O) groups excluding carboxylic acids is 3. The molecular weight excluding hydrogens is 452 g/mol. The molecule has 4 unspecified atom stereocenters. The Morgan fingerprint density at radius 2 is 1.77 bits per heavy atom. The molecule has 4 atom stereocenters. The summed E-state index contributed by atoms with van der Waals surface area (Å²) in [5.41, 5.74) is 0.688. The first kappa shape index (κ1) is 26.5. The number of nitrogens with zero attached hydrogens (tertiary/aromatic N) is 1. The van der Waals surface area contributed by atoms with Gasteiger partial charge in [-0.25, -0.2) is 4.79 Å². The van der Waals surface area contributed by atoms with Gasteiger partial charge in [0.05, 0.1) is 6.04 Å². The lowest BCUT2D eigenvalue weighted by molar-refractivity contribution is -0.143. The molecular formula is C25H36N4O6. The lowest BCUT2D eigenvalue weighted by Gasteiger charge is -2.29. The van der Waals surface area contributed by atoms with Gasteiger partial charge >= 0.3 is 5.97 Å². The first-order valence-corrected chi connectivity index (χ1v) is 12.3. The Labute approximate surface area is 205 Å². The number of nitrogens with one attached hydrogen (secondary N) is 3. The van der Waals surface area contributed by atoms with E-state index in [1.165, 1.54) is 12.1 Å². The zero-order chi connectivity index (χ0) is 25.5. The van der Waals surface area contributed by atoms with Crippen LogP contribution < -0.4 is 16.0 Å². The van der Waals surface area contributed by atoms with E-state index < -0.39 is 35.9 Å². The second-order valence-electron chi connectivity index (χ2n) is 9.80. The number of hydrogen-bond acceptors (Lipinski definition) is 6. The number of phenolic OH excluding ortho intramolecular Hbond substituents is 1. The summed E-state index contributed by atoms with van der Waals surface area (Å²) in [6.07, 6.45) is 3.21. The van der Waals surface area contributed by atoms with E-state index in [1.807, 2.05) is 13.8 Å². The lowest BCUT2D eigenvalue weighted by Crippen LogP contribution is -2.57. The van der Waals surface area contributed by atoms with Crippen molar-refractivity contribution < 1.29 is 29.4 Å². The minimum absolute atomic E-state index is 0.0452. The molecule has 2 heterocycles. The molecule has 0 bridgehead atoms. The molecule has 10 heteroatoms. The van der Waals surface area contributed by atoms with Crippen LogP contribution in [0.1, 0.15) is 51.5 Å². The third kappa shape index (κ3) is 7.17. The van der Waals surface area contributed by atoms with Gasteiger partial charge in [-0.05, 0) is 62.3 Å². The number of carboxylic acids is 1. The van der Waals surface area contributed by atoms with Crippen molar-refractivity contribution in [2.45, 2.75) is 76.5 Å². The van der Waals surface area contributed by atoms with Crippen molar-refractivity contribution in [3.8, 4) is 5.75 Å². The summed E-state index contributed by atoms with van der Waals surface area (Å²) in [6, 6.07) is 3.16. The Morgan fingerprint density at radius 1 is 1.06 bits per heavy atom. The van der Waals surface area contributed by atoms with Gasteiger partial charge in [0, 0.05) is 13.0 Å². The maximum absolute atomic E-state index is 13.3. The number of carboxylic acid groups (broad SMARTS) is 1. The van der Waals surface area contributed by atoms with E-state index in [9.17, 15) is 29.4 Å². The second-order valence-corrected chi connectivity index (χ2v) is 9.80. The second kappa shape index (κ2) is 12.0. The van der Waals surface area contributed by atoms with E-state index >= 15 is 0 Å². The van der Waals surface area contributed by atoms with Crippen molar-refractivity contribution >= 4 is 23.7 Å². The fourth-order valence-corrected chi connectivity index (χ4v) is 4.71. The van der Waals surface area contributed by atoms with Gasteiger partial charge in [-0.3, -0.25) is 14.4 Å². The number of hydrogen-bond donors (Lipinski definition) is 5. The Bertz CT molecular complexity index is 913. The van der Waals surface area contributed by atoms with Gasteiger partial charge in [0.15, 0.2) is 0 Å². The predicted octanol–water partition coefficient (Wildman–Crippen LogP) is 0.778. The summed E-state index contributed by atoms with van der Waals surface area (Å²) >= 11 is 0. The van der Waals surface area contributed by atoms with E-state index in [0.717, 1.165) is 19.4 Å². The molecule has 192 valence electrons. The van der Waals surface area contributed by atoms with Crippen LogP contribution >= 0.6 is 0 Å². The van der Waals surface area contributed by atoms with Crippen molar-refractivity contribution in [1.82, 2.24) is 20.9 Å². The first-order chi connectivity index (χ1) is 16.7. The average molecular weight is 489 g/mol. The number of rotatable bonds is 10. The zero-order valence-corrected chi connectivity index (χ0v) is 20.3. The van der Waals surface area contributed by atoms with Crippen LogP contribution in [-0.4, -0.2) is 76.1 Å². The van der Waals surface area contributed by atoms with Crippen molar-refractivity contribution in [3.05, 3.63) is 29.8 Å².